The molecule has 0 fully saturated rings. The van der Waals surface area contributed by atoms with Crippen LogP contribution in [0.5, 0.6) is 5.75 Å². The van der Waals surface area contributed by atoms with Crippen molar-refractivity contribution in [3.8, 4) is 5.75 Å². The summed E-state index contributed by atoms with van der Waals surface area (Å²) in [5.41, 5.74) is 1.15. The molecule has 0 aliphatic rings. The molecule has 15 heavy (non-hydrogen) atoms. The highest BCUT2D eigenvalue weighted by molar-refractivity contribution is 9.10. The number of carbonyl (C=O) groups is 1. The SMILES string of the molecule is C=C(C)C(=O)Nc1ccc(Br)c(OC)c1. The molecule has 3 nitrogen and oxygen atoms in total. The summed E-state index contributed by atoms with van der Waals surface area (Å²) in [5.74, 6) is 0.480. The van der Waals surface area contributed by atoms with Crippen LogP contribution in [0.15, 0.2) is 34.8 Å². The van der Waals surface area contributed by atoms with Gasteiger partial charge in [-0.2, -0.15) is 0 Å². The minimum absolute atomic E-state index is 0.195. The number of hydrogen-bond donors (Lipinski definition) is 1. The van der Waals surface area contributed by atoms with Gasteiger partial charge in [0, 0.05) is 17.3 Å². The largest absolute Gasteiger partial charge is 0.495 e. The van der Waals surface area contributed by atoms with Crippen LogP contribution >= 0.6 is 15.9 Å². The van der Waals surface area contributed by atoms with Crippen LogP contribution in [0.4, 0.5) is 5.69 Å². The lowest BCUT2D eigenvalue weighted by atomic mass is 10.2. The average molecular weight is 270 g/mol. The fourth-order valence-corrected chi connectivity index (χ4v) is 1.38. The number of hydrogen-bond acceptors (Lipinski definition) is 2. The molecule has 0 aliphatic carbocycles. The van der Waals surface area contributed by atoms with Crippen LogP contribution in [-0.4, -0.2) is 13.0 Å². The molecule has 1 amide bonds. The second-order valence-electron chi connectivity index (χ2n) is 3.08. The molecule has 1 aromatic carbocycles. The molecule has 0 saturated carbocycles. The lowest BCUT2D eigenvalue weighted by Crippen LogP contribution is -2.11. The monoisotopic (exact) mass is 269 g/mol. The van der Waals surface area contributed by atoms with Crippen molar-refractivity contribution in [2.75, 3.05) is 12.4 Å². The van der Waals surface area contributed by atoms with E-state index in [2.05, 4.69) is 27.8 Å². The van der Waals surface area contributed by atoms with Crippen molar-refractivity contribution in [1.29, 1.82) is 0 Å². The number of rotatable bonds is 3. The van der Waals surface area contributed by atoms with Crippen molar-refractivity contribution in [3.63, 3.8) is 0 Å². The third-order valence-electron chi connectivity index (χ3n) is 1.80. The van der Waals surface area contributed by atoms with Crippen LogP contribution in [0.3, 0.4) is 0 Å². The van der Waals surface area contributed by atoms with Crippen molar-refractivity contribution in [2.24, 2.45) is 0 Å². The van der Waals surface area contributed by atoms with Gasteiger partial charge in [0.05, 0.1) is 11.6 Å². The summed E-state index contributed by atoms with van der Waals surface area (Å²) < 4.78 is 5.95. The minimum atomic E-state index is -0.195. The first kappa shape index (κ1) is 11.8. The molecule has 1 rings (SSSR count). The van der Waals surface area contributed by atoms with E-state index in [9.17, 15) is 4.79 Å². The lowest BCUT2D eigenvalue weighted by Gasteiger charge is -2.08. The smallest absolute Gasteiger partial charge is 0.250 e. The molecular formula is C11H12BrNO2. The molecule has 0 saturated heterocycles. The highest BCUT2D eigenvalue weighted by atomic mass is 79.9. The van der Waals surface area contributed by atoms with E-state index in [4.69, 9.17) is 4.74 Å². The maximum absolute atomic E-state index is 11.3. The van der Waals surface area contributed by atoms with E-state index >= 15 is 0 Å². The van der Waals surface area contributed by atoms with Gasteiger partial charge < -0.3 is 10.1 Å². The second-order valence-corrected chi connectivity index (χ2v) is 3.94. The Bertz CT molecular complexity index is 402. The van der Waals surface area contributed by atoms with E-state index in [-0.39, 0.29) is 5.91 Å². The number of ether oxygens (including phenoxy) is 1. The van der Waals surface area contributed by atoms with E-state index in [1.54, 1.807) is 26.2 Å². The molecule has 0 atom stereocenters. The van der Waals surface area contributed by atoms with Crippen LogP contribution in [0.1, 0.15) is 6.92 Å². The number of anilines is 1. The molecule has 0 unspecified atom stereocenters. The molecule has 1 N–H and O–H groups in total. The predicted octanol–water partition coefficient (Wildman–Crippen LogP) is 2.97. The van der Waals surface area contributed by atoms with Gasteiger partial charge in [-0.3, -0.25) is 4.79 Å². The first-order chi connectivity index (χ1) is 7.04. The first-order valence-corrected chi connectivity index (χ1v) is 5.14. The average Bonchev–Trinajstić information content (AvgIpc) is 2.20. The molecule has 0 aromatic heterocycles. The summed E-state index contributed by atoms with van der Waals surface area (Å²) in [4.78, 5) is 11.3. The number of carbonyl (C=O) groups excluding carboxylic acids is 1. The number of halogens is 1. The zero-order valence-electron chi connectivity index (χ0n) is 8.63. The van der Waals surface area contributed by atoms with Gasteiger partial charge in [0.1, 0.15) is 5.75 Å². The van der Waals surface area contributed by atoms with E-state index < -0.39 is 0 Å². The van der Waals surface area contributed by atoms with Crippen LogP contribution in [0, 0.1) is 0 Å². The van der Waals surface area contributed by atoms with Crippen LogP contribution in [0.2, 0.25) is 0 Å². The number of amides is 1. The minimum Gasteiger partial charge on any atom is -0.495 e. The standard InChI is InChI=1S/C11H12BrNO2/c1-7(2)11(14)13-8-4-5-9(12)10(6-8)15-3/h4-6H,1H2,2-3H3,(H,13,14). The van der Waals surface area contributed by atoms with E-state index in [0.29, 0.717) is 17.0 Å². The van der Waals surface area contributed by atoms with Gasteiger partial charge in [-0.25, -0.2) is 0 Å². The van der Waals surface area contributed by atoms with Gasteiger partial charge in [-0.15, -0.1) is 0 Å². The Hall–Kier alpha value is -1.29. The predicted molar refractivity (Wildman–Crippen MR) is 64.1 cm³/mol. The molecular weight excluding hydrogens is 258 g/mol. The number of methoxy groups -OCH3 is 1. The van der Waals surface area contributed by atoms with Crippen LogP contribution in [0.25, 0.3) is 0 Å². The summed E-state index contributed by atoms with van der Waals surface area (Å²) in [6, 6.07) is 5.34. The lowest BCUT2D eigenvalue weighted by molar-refractivity contribution is -0.112. The quantitative estimate of drug-likeness (QED) is 0.857. The molecule has 0 heterocycles. The molecule has 1 aromatic rings. The van der Waals surface area contributed by atoms with Crippen molar-refractivity contribution in [3.05, 3.63) is 34.8 Å². The number of nitrogens with one attached hydrogen (secondary N) is 1. The van der Waals surface area contributed by atoms with Crippen LogP contribution < -0.4 is 10.1 Å². The van der Waals surface area contributed by atoms with E-state index in [0.717, 1.165) is 4.47 Å². The fourth-order valence-electron chi connectivity index (χ4n) is 0.975. The Morgan fingerprint density at radius 3 is 2.73 bits per heavy atom. The van der Waals surface area contributed by atoms with Gasteiger partial charge >= 0.3 is 0 Å². The van der Waals surface area contributed by atoms with Gasteiger partial charge in [-0.1, -0.05) is 6.58 Å². The van der Waals surface area contributed by atoms with Gasteiger partial charge in [0.2, 0.25) is 0 Å². The molecule has 0 spiro atoms. The third kappa shape index (κ3) is 3.09. The Balaban J connectivity index is 2.87. The Kier molecular flexibility index (Phi) is 3.91. The van der Waals surface area contributed by atoms with Crippen molar-refractivity contribution < 1.29 is 9.53 Å². The third-order valence-corrected chi connectivity index (χ3v) is 2.45. The summed E-state index contributed by atoms with van der Waals surface area (Å²) in [5, 5.41) is 2.70. The van der Waals surface area contributed by atoms with Gasteiger partial charge in [-0.05, 0) is 35.0 Å². The normalized spacial score (nSPS) is 9.53. The second kappa shape index (κ2) is 4.98. The Morgan fingerprint density at radius 2 is 2.20 bits per heavy atom. The molecule has 4 heteroatoms. The van der Waals surface area contributed by atoms with Crippen molar-refractivity contribution in [1.82, 2.24) is 0 Å². The van der Waals surface area contributed by atoms with Crippen LogP contribution in [-0.2, 0) is 4.79 Å². The molecule has 0 aliphatic heterocycles. The zero-order chi connectivity index (χ0) is 11.4. The van der Waals surface area contributed by atoms with Crippen molar-refractivity contribution in [2.45, 2.75) is 6.92 Å². The Morgan fingerprint density at radius 1 is 1.53 bits per heavy atom. The number of benzene rings is 1. The van der Waals surface area contributed by atoms with Gasteiger partial charge in [0.25, 0.3) is 5.91 Å². The molecule has 0 bridgehead atoms. The highest BCUT2D eigenvalue weighted by Crippen LogP contribution is 2.27. The Labute approximate surface area is 97.3 Å². The maximum Gasteiger partial charge on any atom is 0.250 e. The van der Waals surface area contributed by atoms with E-state index in [1.165, 1.54) is 0 Å². The van der Waals surface area contributed by atoms with Crippen molar-refractivity contribution >= 4 is 27.5 Å². The summed E-state index contributed by atoms with van der Waals surface area (Å²) >= 11 is 3.33. The fraction of sp³-hybridized carbons (Fsp3) is 0.182. The molecule has 80 valence electrons. The maximum atomic E-state index is 11.3. The summed E-state index contributed by atoms with van der Waals surface area (Å²) in [7, 11) is 1.57. The van der Waals surface area contributed by atoms with Gasteiger partial charge in [0.15, 0.2) is 0 Å². The topological polar surface area (TPSA) is 38.3 Å². The molecule has 0 radical (unpaired) electrons. The zero-order valence-corrected chi connectivity index (χ0v) is 10.2. The highest BCUT2D eigenvalue weighted by Gasteiger charge is 2.05. The first-order valence-electron chi connectivity index (χ1n) is 4.35. The summed E-state index contributed by atoms with van der Waals surface area (Å²) in [6.07, 6.45) is 0. The summed E-state index contributed by atoms with van der Waals surface area (Å²) in [6.45, 7) is 5.22. The van der Waals surface area contributed by atoms with E-state index in [1.807, 2.05) is 6.07 Å².